The molecule has 0 radical (unpaired) electrons. The van der Waals surface area contributed by atoms with Crippen molar-refractivity contribution in [2.75, 3.05) is 11.9 Å². The van der Waals surface area contributed by atoms with E-state index < -0.39 is 6.04 Å². The van der Waals surface area contributed by atoms with Crippen molar-refractivity contribution in [3.8, 4) is 0 Å². The van der Waals surface area contributed by atoms with Crippen LogP contribution in [0.15, 0.2) is 41.0 Å². The first-order valence-electron chi connectivity index (χ1n) is 9.65. The Morgan fingerprint density at radius 1 is 1.21 bits per heavy atom. The zero-order chi connectivity index (χ0) is 19.5. The maximum Gasteiger partial charge on any atom is 0.254 e. The van der Waals surface area contributed by atoms with E-state index in [-0.39, 0.29) is 17.7 Å². The molecule has 0 saturated carbocycles. The number of benzene rings is 1. The summed E-state index contributed by atoms with van der Waals surface area (Å²) in [6, 6.07) is 8.46. The molecule has 2 aromatic rings. The van der Waals surface area contributed by atoms with Crippen molar-refractivity contribution in [2.24, 2.45) is 0 Å². The van der Waals surface area contributed by atoms with Gasteiger partial charge in [-0.15, -0.1) is 0 Å². The Bertz CT molecular complexity index is 891. The Hall–Kier alpha value is -3.09. The number of nitrogens with one attached hydrogen (secondary N) is 2. The molecule has 1 fully saturated rings. The molecule has 1 aromatic heterocycles. The van der Waals surface area contributed by atoms with Crippen LogP contribution in [0.1, 0.15) is 47.4 Å². The Kier molecular flexibility index (Phi) is 5.14. The maximum atomic E-state index is 13.1. The second-order valence-electron chi connectivity index (χ2n) is 7.23. The molecule has 1 unspecified atom stereocenters. The molecule has 3 heterocycles. The fourth-order valence-corrected chi connectivity index (χ4v) is 3.86. The van der Waals surface area contributed by atoms with E-state index in [9.17, 15) is 14.4 Å². The van der Waals surface area contributed by atoms with Gasteiger partial charge in [-0.3, -0.25) is 14.4 Å². The number of furan rings is 1. The van der Waals surface area contributed by atoms with Gasteiger partial charge in [0.05, 0.1) is 12.8 Å². The molecule has 2 aliphatic rings. The first-order valence-corrected chi connectivity index (χ1v) is 9.65. The summed E-state index contributed by atoms with van der Waals surface area (Å²) >= 11 is 0. The molecule has 2 N–H and O–H groups in total. The van der Waals surface area contributed by atoms with Gasteiger partial charge < -0.3 is 20.0 Å². The van der Waals surface area contributed by atoms with Gasteiger partial charge in [0.25, 0.3) is 5.91 Å². The number of likely N-dealkylation sites (tertiary alicyclic amines) is 1. The fraction of sp³-hybridized carbons (Fsp3) is 0.381. The third-order valence-electron chi connectivity index (χ3n) is 5.31. The largest absolute Gasteiger partial charge is 0.467 e. The van der Waals surface area contributed by atoms with Crippen molar-refractivity contribution in [3.63, 3.8) is 0 Å². The van der Waals surface area contributed by atoms with E-state index in [1.807, 2.05) is 6.07 Å². The van der Waals surface area contributed by atoms with Crippen molar-refractivity contribution in [1.29, 1.82) is 0 Å². The lowest BCUT2D eigenvalue weighted by atomic mass is 10.0. The number of nitrogens with zero attached hydrogens (tertiary/aromatic N) is 1. The van der Waals surface area contributed by atoms with Crippen molar-refractivity contribution in [2.45, 2.75) is 44.7 Å². The molecular formula is C21H23N3O4. The van der Waals surface area contributed by atoms with Crippen LogP contribution in [0, 0.1) is 0 Å². The third-order valence-corrected chi connectivity index (χ3v) is 5.31. The standard InChI is InChI=1S/C21H23N3O4/c25-19-7-1-4-14-12-15(8-9-17(14)23-19)21(27)24-10-2-6-18(24)20(26)22-13-16-5-3-11-28-16/h3,5,8-9,11-12,18H,1-2,4,6-7,10,13H2,(H,22,26)(H,23,25). The Morgan fingerprint density at radius 2 is 2.11 bits per heavy atom. The number of carbonyl (C=O) groups excluding carboxylic acids is 3. The number of hydrogen-bond acceptors (Lipinski definition) is 4. The molecule has 1 atom stereocenters. The average molecular weight is 381 g/mol. The molecule has 0 bridgehead atoms. The molecular weight excluding hydrogens is 358 g/mol. The molecule has 0 aliphatic carbocycles. The van der Waals surface area contributed by atoms with Crippen LogP contribution in [-0.4, -0.2) is 35.2 Å². The minimum Gasteiger partial charge on any atom is -0.467 e. The summed E-state index contributed by atoms with van der Waals surface area (Å²) in [5.41, 5.74) is 2.29. The Labute approximate surface area is 163 Å². The number of carbonyl (C=O) groups is 3. The van der Waals surface area contributed by atoms with Gasteiger partial charge in [0.15, 0.2) is 0 Å². The van der Waals surface area contributed by atoms with E-state index in [0.717, 1.165) is 30.5 Å². The molecule has 7 nitrogen and oxygen atoms in total. The van der Waals surface area contributed by atoms with Crippen LogP contribution in [0.25, 0.3) is 0 Å². The van der Waals surface area contributed by atoms with E-state index in [0.29, 0.717) is 37.3 Å². The summed E-state index contributed by atoms with van der Waals surface area (Å²) in [5.74, 6) is 0.376. The summed E-state index contributed by atoms with van der Waals surface area (Å²) in [4.78, 5) is 39.0. The maximum absolute atomic E-state index is 13.1. The zero-order valence-electron chi connectivity index (χ0n) is 15.6. The molecule has 3 amide bonds. The minimum absolute atomic E-state index is 0.00524. The normalized spacial score (nSPS) is 18.9. The van der Waals surface area contributed by atoms with Gasteiger partial charge in [-0.05, 0) is 61.6 Å². The van der Waals surface area contributed by atoms with Crippen molar-refractivity contribution < 1.29 is 18.8 Å². The number of amides is 3. The van der Waals surface area contributed by atoms with Gasteiger partial charge in [-0.25, -0.2) is 0 Å². The molecule has 1 aromatic carbocycles. The van der Waals surface area contributed by atoms with Crippen LogP contribution in [0.2, 0.25) is 0 Å². The highest BCUT2D eigenvalue weighted by molar-refractivity contribution is 5.99. The average Bonchev–Trinajstić information content (AvgIpc) is 3.35. The molecule has 1 saturated heterocycles. The number of aryl methyl sites for hydroxylation is 1. The number of hydrogen-bond donors (Lipinski definition) is 2. The van der Waals surface area contributed by atoms with Crippen LogP contribution in [-0.2, 0) is 22.6 Å². The van der Waals surface area contributed by atoms with Crippen molar-refractivity contribution >= 4 is 23.4 Å². The third kappa shape index (κ3) is 3.78. The molecule has 146 valence electrons. The van der Waals surface area contributed by atoms with Crippen LogP contribution >= 0.6 is 0 Å². The lowest BCUT2D eigenvalue weighted by Gasteiger charge is -2.24. The molecule has 7 heteroatoms. The monoisotopic (exact) mass is 381 g/mol. The Morgan fingerprint density at radius 3 is 2.93 bits per heavy atom. The molecule has 2 aliphatic heterocycles. The lowest BCUT2D eigenvalue weighted by molar-refractivity contribution is -0.125. The van der Waals surface area contributed by atoms with Crippen molar-refractivity contribution in [3.05, 3.63) is 53.5 Å². The van der Waals surface area contributed by atoms with E-state index in [2.05, 4.69) is 10.6 Å². The summed E-state index contributed by atoms with van der Waals surface area (Å²) in [5, 5.41) is 5.73. The highest BCUT2D eigenvalue weighted by atomic mass is 16.3. The predicted octanol–water partition coefficient (Wildman–Crippen LogP) is 2.48. The molecule has 28 heavy (non-hydrogen) atoms. The van der Waals surface area contributed by atoms with E-state index in [4.69, 9.17) is 4.42 Å². The lowest BCUT2D eigenvalue weighted by Crippen LogP contribution is -2.45. The first kappa shape index (κ1) is 18.3. The van der Waals surface area contributed by atoms with Crippen LogP contribution in [0.3, 0.4) is 0 Å². The smallest absolute Gasteiger partial charge is 0.254 e. The fourth-order valence-electron chi connectivity index (χ4n) is 3.86. The molecule has 4 rings (SSSR count). The van der Waals surface area contributed by atoms with Crippen LogP contribution in [0.5, 0.6) is 0 Å². The number of rotatable bonds is 4. The van der Waals surface area contributed by atoms with Gasteiger partial charge >= 0.3 is 0 Å². The van der Waals surface area contributed by atoms with Crippen LogP contribution in [0.4, 0.5) is 5.69 Å². The molecule has 0 spiro atoms. The second kappa shape index (κ2) is 7.88. The van der Waals surface area contributed by atoms with Gasteiger partial charge in [-0.2, -0.15) is 0 Å². The van der Waals surface area contributed by atoms with Gasteiger partial charge in [0, 0.05) is 24.2 Å². The van der Waals surface area contributed by atoms with E-state index in [1.165, 1.54) is 0 Å². The number of anilines is 1. The van der Waals surface area contributed by atoms with Crippen LogP contribution < -0.4 is 10.6 Å². The topological polar surface area (TPSA) is 91.7 Å². The number of fused-ring (bicyclic) bond motifs is 1. The van der Waals surface area contributed by atoms with Gasteiger partial charge in [-0.1, -0.05) is 0 Å². The van der Waals surface area contributed by atoms with E-state index in [1.54, 1.807) is 35.4 Å². The Balaban J connectivity index is 1.46. The summed E-state index contributed by atoms with van der Waals surface area (Å²) in [7, 11) is 0. The quantitative estimate of drug-likeness (QED) is 0.851. The summed E-state index contributed by atoms with van der Waals surface area (Å²) < 4.78 is 5.24. The van der Waals surface area contributed by atoms with Crippen molar-refractivity contribution in [1.82, 2.24) is 10.2 Å². The minimum atomic E-state index is -0.471. The summed E-state index contributed by atoms with van der Waals surface area (Å²) in [6.07, 6.45) is 5.01. The summed E-state index contributed by atoms with van der Waals surface area (Å²) in [6.45, 7) is 0.869. The highest BCUT2D eigenvalue weighted by Gasteiger charge is 2.34. The zero-order valence-corrected chi connectivity index (χ0v) is 15.6. The van der Waals surface area contributed by atoms with Gasteiger partial charge in [0.2, 0.25) is 11.8 Å². The van der Waals surface area contributed by atoms with Gasteiger partial charge in [0.1, 0.15) is 11.8 Å². The second-order valence-corrected chi connectivity index (χ2v) is 7.23. The van der Waals surface area contributed by atoms with E-state index >= 15 is 0 Å². The highest BCUT2D eigenvalue weighted by Crippen LogP contribution is 2.26. The predicted molar refractivity (Wildman–Crippen MR) is 103 cm³/mol. The first-order chi connectivity index (χ1) is 13.6. The SMILES string of the molecule is O=C1CCCc2cc(C(=O)N3CCCC3C(=O)NCc3ccco3)ccc2N1.